The zero-order valence-corrected chi connectivity index (χ0v) is 8.40. The maximum absolute atomic E-state index is 11.6. The Morgan fingerprint density at radius 1 is 1.60 bits per heavy atom. The van der Waals surface area contributed by atoms with Crippen molar-refractivity contribution >= 4 is 5.91 Å². The van der Waals surface area contributed by atoms with Crippen LogP contribution in [0.4, 0.5) is 0 Å². The van der Waals surface area contributed by atoms with Crippen LogP contribution in [0, 0.1) is 0 Å². The van der Waals surface area contributed by atoms with Crippen LogP contribution >= 0.6 is 0 Å². The highest BCUT2D eigenvalue weighted by atomic mass is 16.5. The van der Waals surface area contributed by atoms with Gasteiger partial charge in [0.25, 0.3) is 5.91 Å². The minimum Gasteiger partial charge on any atom is -0.480 e. The molecule has 15 heavy (non-hydrogen) atoms. The second-order valence-corrected chi connectivity index (χ2v) is 3.45. The van der Waals surface area contributed by atoms with Crippen molar-refractivity contribution in [3.05, 3.63) is 42.5 Å². The highest BCUT2D eigenvalue weighted by molar-refractivity contribution is 5.82. The summed E-state index contributed by atoms with van der Waals surface area (Å²) >= 11 is 0. The number of nitrogens with one attached hydrogen (secondary N) is 1. The Bertz CT molecular complexity index is 362. The third kappa shape index (κ3) is 2.01. The Morgan fingerprint density at radius 2 is 2.40 bits per heavy atom. The standard InChI is InChI=1S/C12H13NO2/c1-2-7-13-12(14)11-8-9-5-3-4-6-10(9)15-11/h2-6,11H,1,7-8H2,(H,13,14)/t11-/m0/s1. The van der Waals surface area contributed by atoms with Gasteiger partial charge in [0, 0.05) is 13.0 Å². The lowest BCUT2D eigenvalue weighted by Crippen LogP contribution is -2.37. The van der Waals surface area contributed by atoms with Crippen LogP contribution in [0.2, 0.25) is 0 Å². The summed E-state index contributed by atoms with van der Waals surface area (Å²) < 4.78 is 5.52. The van der Waals surface area contributed by atoms with E-state index >= 15 is 0 Å². The van der Waals surface area contributed by atoms with Gasteiger partial charge < -0.3 is 10.1 Å². The molecule has 2 rings (SSSR count). The predicted molar refractivity (Wildman–Crippen MR) is 57.8 cm³/mol. The Hall–Kier alpha value is -1.77. The minimum absolute atomic E-state index is 0.0777. The summed E-state index contributed by atoms with van der Waals surface area (Å²) in [4.78, 5) is 11.6. The van der Waals surface area contributed by atoms with E-state index in [2.05, 4.69) is 11.9 Å². The lowest BCUT2D eigenvalue weighted by molar-refractivity contribution is -0.127. The predicted octanol–water partition coefficient (Wildman–Crippen LogP) is 1.29. The number of hydrogen-bond donors (Lipinski definition) is 1. The highest BCUT2D eigenvalue weighted by Crippen LogP contribution is 2.27. The molecule has 0 saturated heterocycles. The van der Waals surface area contributed by atoms with Gasteiger partial charge in [0.15, 0.2) is 6.10 Å². The first kappa shape index (κ1) is 9.77. The number of hydrogen-bond acceptors (Lipinski definition) is 2. The van der Waals surface area contributed by atoms with Crippen LogP contribution in [0.25, 0.3) is 0 Å². The first-order chi connectivity index (χ1) is 7.31. The quantitative estimate of drug-likeness (QED) is 0.752. The van der Waals surface area contributed by atoms with E-state index in [-0.39, 0.29) is 12.0 Å². The number of ether oxygens (including phenoxy) is 1. The second-order valence-electron chi connectivity index (χ2n) is 3.45. The third-order valence-corrected chi connectivity index (χ3v) is 2.36. The Kier molecular flexibility index (Phi) is 2.72. The molecule has 1 amide bonds. The number of carbonyl (C=O) groups excluding carboxylic acids is 1. The van der Waals surface area contributed by atoms with Gasteiger partial charge in [-0.3, -0.25) is 4.79 Å². The summed E-state index contributed by atoms with van der Waals surface area (Å²) in [5.74, 6) is 0.738. The first-order valence-corrected chi connectivity index (χ1v) is 4.94. The van der Waals surface area contributed by atoms with Crippen molar-refractivity contribution in [3.8, 4) is 5.75 Å². The number of para-hydroxylation sites is 1. The van der Waals surface area contributed by atoms with Crippen molar-refractivity contribution in [2.45, 2.75) is 12.5 Å². The Morgan fingerprint density at radius 3 is 3.13 bits per heavy atom. The molecule has 0 aliphatic carbocycles. The summed E-state index contributed by atoms with van der Waals surface area (Å²) in [5.41, 5.74) is 1.09. The fourth-order valence-electron chi connectivity index (χ4n) is 1.61. The summed E-state index contributed by atoms with van der Waals surface area (Å²) in [6, 6.07) is 7.72. The molecule has 1 aliphatic rings. The molecule has 0 radical (unpaired) electrons. The van der Waals surface area contributed by atoms with E-state index in [1.54, 1.807) is 6.08 Å². The molecule has 0 fully saturated rings. The Balaban J connectivity index is 2.00. The number of benzene rings is 1. The van der Waals surface area contributed by atoms with Crippen molar-refractivity contribution in [2.75, 3.05) is 6.54 Å². The van der Waals surface area contributed by atoms with E-state index in [4.69, 9.17) is 4.74 Å². The lowest BCUT2D eigenvalue weighted by Gasteiger charge is -2.09. The van der Waals surface area contributed by atoms with Crippen LogP contribution in [0.1, 0.15) is 5.56 Å². The van der Waals surface area contributed by atoms with Crippen molar-refractivity contribution in [1.29, 1.82) is 0 Å². The number of rotatable bonds is 3. The topological polar surface area (TPSA) is 38.3 Å². The molecule has 0 unspecified atom stereocenters. The van der Waals surface area contributed by atoms with Crippen LogP contribution < -0.4 is 10.1 Å². The molecule has 1 aliphatic heterocycles. The van der Waals surface area contributed by atoms with Crippen LogP contribution in [-0.4, -0.2) is 18.6 Å². The third-order valence-electron chi connectivity index (χ3n) is 2.36. The van der Waals surface area contributed by atoms with Crippen molar-refractivity contribution in [2.24, 2.45) is 0 Å². The molecule has 1 atom stereocenters. The van der Waals surface area contributed by atoms with Crippen molar-refractivity contribution in [1.82, 2.24) is 5.32 Å². The summed E-state index contributed by atoms with van der Waals surface area (Å²) in [6.45, 7) is 4.02. The van der Waals surface area contributed by atoms with Gasteiger partial charge in [-0.15, -0.1) is 6.58 Å². The fraction of sp³-hybridized carbons (Fsp3) is 0.250. The molecule has 1 heterocycles. The van der Waals surface area contributed by atoms with E-state index in [1.807, 2.05) is 24.3 Å². The van der Waals surface area contributed by atoms with Crippen LogP contribution in [-0.2, 0) is 11.2 Å². The molecule has 0 bridgehead atoms. The second kappa shape index (κ2) is 4.17. The van der Waals surface area contributed by atoms with E-state index in [0.29, 0.717) is 13.0 Å². The average molecular weight is 203 g/mol. The summed E-state index contributed by atoms with van der Waals surface area (Å²) in [7, 11) is 0. The van der Waals surface area contributed by atoms with Gasteiger partial charge >= 0.3 is 0 Å². The van der Waals surface area contributed by atoms with Crippen molar-refractivity contribution < 1.29 is 9.53 Å². The molecule has 78 valence electrons. The maximum Gasteiger partial charge on any atom is 0.261 e. The van der Waals surface area contributed by atoms with Crippen molar-refractivity contribution in [3.63, 3.8) is 0 Å². The molecule has 3 heteroatoms. The number of carbonyl (C=O) groups is 1. The smallest absolute Gasteiger partial charge is 0.261 e. The zero-order valence-electron chi connectivity index (χ0n) is 8.40. The zero-order chi connectivity index (χ0) is 10.7. The van der Waals surface area contributed by atoms with Gasteiger partial charge in [0.2, 0.25) is 0 Å². The molecule has 0 saturated carbocycles. The fourth-order valence-corrected chi connectivity index (χ4v) is 1.61. The first-order valence-electron chi connectivity index (χ1n) is 4.94. The van der Waals surface area contributed by atoms with Gasteiger partial charge in [-0.25, -0.2) is 0 Å². The highest BCUT2D eigenvalue weighted by Gasteiger charge is 2.27. The molecule has 3 nitrogen and oxygen atoms in total. The van der Waals surface area contributed by atoms with Gasteiger partial charge in [-0.2, -0.15) is 0 Å². The number of fused-ring (bicyclic) bond motifs is 1. The molecular formula is C12H13NO2. The van der Waals surface area contributed by atoms with Crippen LogP contribution in [0.5, 0.6) is 5.75 Å². The molecule has 0 spiro atoms. The van der Waals surface area contributed by atoms with E-state index < -0.39 is 0 Å². The average Bonchev–Trinajstić information content (AvgIpc) is 2.69. The van der Waals surface area contributed by atoms with Crippen LogP contribution in [0.15, 0.2) is 36.9 Å². The van der Waals surface area contributed by atoms with Gasteiger partial charge in [-0.1, -0.05) is 24.3 Å². The minimum atomic E-state index is -0.387. The molecule has 1 aromatic carbocycles. The monoisotopic (exact) mass is 203 g/mol. The van der Waals surface area contributed by atoms with E-state index in [9.17, 15) is 4.79 Å². The van der Waals surface area contributed by atoms with Gasteiger partial charge in [-0.05, 0) is 11.6 Å². The largest absolute Gasteiger partial charge is 0.480 e. The summed E-state index contributed by atoms with van der Waals surface area (Å²) in [5, 5.41) is 2.73. The van der Waals surface area contributed by atoms with Crippen LogP contribution in [0.3, 0.4) is 0 Å². The lowest BCUT2D eigenvalue weighted by atomic mass is 10.1. The van der Waals surface area contributed by atoms with Gasteiger partial charge in [0.1, 0.15) is 5.75 Å². The molecule has 0 aromatic heterocycles. The van der Waals surface area contributed by atoms with E-state index in [1.165, 1.54) is 0 Å². The number of amides is 1. The molecular weight excluding hydrogens is 190 g/mol. The van der Waals surface area contributed by atoms with E-state index in [0.717, 1.165) is 11.3 Å². The molecule has 1 N–H and O–H groups in total. The Labute approximate surface area is 88.8 Å². The summed E-state index contributed by atoms with van der Waals surface area (Å²) in [6.07, 6.45) is 1.92. The SMILES string of the molecule is C=CCNC(=O)[C@@H]1Cc2ccccc2O1. The normalized spacial score (nSPS) is 17.7. The van der Waals surface area contributed by atoms with Gasteiger partial charge in [0.05, 0.1) is 0 Å². The maximum atomic E-state index is 11.6. The molecule has 1 aromatic rings.